The third-order valence-electron chi connectivity index (χ3n) is 8.66. The van der Waals surface area contributed by atoms with E-state index in [4.69, 9.17) is 28.7 Å². The Morgan fingerprint density at radius 2 is 1.35 bits per heavy atom. The van der Waals surface area contributed by atoms with Gasteiger partial charge in [0, 0.05) is 19.6 Å². The summed E-state index contributed by atoms with van der Waals surface area (Å²) in [4.78, 5) is 111. The molecule has 17 N–H and O–H groups in total. The molecule has 1 fully saturated rings. The van der Waals surface area contributed by atoms with Crippen LogP contribution in [-0.2, 0) is 38.4 Å². The van der Waals surface area contributed by atoms with Crippen LogP contribution >= 0.6 is 11.8 Å². The molecular formula is C33H59N13O10S. The number of hydrogen-bond donors (Lipinski definition) is 12. The first-order valence-corrected chi connectivity index (χ1v) is 19.8. The Labute approximate surface area is 334 Å². The zero-order chi connectivity index (χ0) is 43.2. The number of nitrogens with one attached hydrogen (secondary N) is 5. The van der Waals surface area contributed by atoms with Gasteiger partial charge in [0.25, 0.3) is 0 Å². The zero-order valence-corrected chi connectivity index (χ0v) is 33.3. The van der Waals surface area contributed by atoms with Gasteiger partial charge in [-0.15, -0.1) is 0 Å². The van der Waals surface area contributed by atoms with Crippen molar-refractivity contribution in [2.24, 2.45) is 44.6 Å². The summed E-state index contributed by atoms with van der Waals surface area (Å²) in [5.74, 6) is -7.70. The zero-order valence-electron chi connectivity index (χ0n) is 32.5. The van der Waals surface area contributed by atoms with Crippen molar-refractivity contribution in [1.29, 1.82) is 0 Å². The van der Waals surface area contributed by atoms with Crippen LogP contribution in [0.15, 0.2) is 9.98 Å². The summed E-state index contributed by atoms with van der Waals surface area (Å²) in [6, 6.07) is -7.32. The number of carboxylic acids is 2. The molecule has 0 unspecified atom stereocenters. The number of aliphatic imine (C=N–C) groups is 2. The molecule has 0 aromatic rings. The monoisotopic (exact) mass is 829 g/mol. The fraction of sp³-hybridized carbons (Fsp3) is 0.697. The Hall–Kier alpha value is -5.39. The Bertz CT molecular complexity index is 1470. The standard InChI is InChI=1S/C33H59N13O10S/c1-17(2)25(30(54)43-20(31(55)56)8-5-12-40-33(37)38)45-29(53)22-9-6-13-46(22)23(47)16-41-27(51)21(15-24(48)49)44-28(52)19(10-14-57-3)42-26(50)18(34)7-4-11-39-32(35)36/h17-22,25H,4-16,34H2,1-3H3,(H,41,51)(H,42,50)(H,43,54)(H,44,52)(H,45,53)(H,48,49)(H,55,56)(H4,35,36,39)(H4,37,38,40)/t18-,19-,20-,21-,22-,25-/m0/s1. The molecule has 0 radical (unpaired) electrons. The van der Waals surface area contributed by atoms with Gasteiger partial charge in [-0.25, -0.2) is 4.79 Å². The van der Waals surface area contributed by atoms with Crippen molar-refractivity contribution in [1.82, 2.24) is 31.5 Å². The smallest absolute Gasteiger partial charge is 0.326 e. The molecular weight excluding hydrogens is 771 g/mol. The van der Waals surface area contributed by atoms with Crippen LogP contribution in [-0.4, -0.2) is 149 Å². The molecule has 1 aliphatic heterocycles. The number of nitrogens with two attached hydrogens (primary N) is 5. The molecule has 0 spiro atoms. The highest BCUT2D eigenvalue weighted by Gasteiger charge is 2.38. The summed E-state index contributed by atoms with van der Waals surface area (Å²) in [5, 5.41) is 31.4. The molecule has 6 amide bonds. The second kappa shape index (κ2) is 25.7. The van der Waals surface area contributed by atoms with Gasteiger partial charge in [0.1, 0.15) is 30.2 Å². The highest BCUT2D eigenvalue weighted by Crippen LogP contribution is 2.18. The molecule has 322 valence electrons. The topological polar surface area (TPSA) is 395 Å². The van der Waals surface area contributed by atoms with Gasteiger partial charge in [0.05, 0.1) is 19.0 Å². The summed E-state index contributed by atoms with van der Waals surface area (Å²) in [6.45, 7) is 3.14. The average Bonchev–Trinajstić information content (AvgIpc) is 3.63. The van der Waals surface area contributed by atoms with Gasteiger partial charge in [-0.05, 0) is 62.9 Å². The van der Waals surface area contributed by atoms with Gasteiger partial charge >= 0.3 is 11.9 Å². The highest BCUT2D eigenvalue weighted by atomic mass is 32.2. The maximum atomic E-state index is 13.4. The number of hydrogen-bond acceptors (Lipinski definition) is 12. The lowest BCUT2D eigenvalue weighted by Gasteiger charge is -2.29. The maximum absolute atomic E-state index is 13.4. The molecule has 1 saturated heterocycles. The SMILES string of the molecule is CSCC[C@H](NC(=O)[C@@H](N)CCCN=C(N)N)C(=O)N[C@@H](CC(=O)O)C(=O)NCC(=O)N1CCC[C@H]1C(=O)N[C@H](C(=O)N[C@@H](CCCN=C(N)N)C(=O)O)C(C)C. The van der Waals surface area contributed by atoms with E-state index in [2.05, 4.69) is 36.6 Å². The molecule has 0 aliphatic carbocycles. The molecule has 24 heteroatoms. The van der Waals surface area contributed by atoms with E-state index in [-0.39, 0.29) is 63.7 Å². The molecule has 0 bridgehead atoms. The summed E-state index contributed by atoms with van der Waals surface area (Å²) in [5.41, 5.74) is 27.1. The number of thioether (sulfide) groups is 1. The number of aliphatic carboxylic acids is 2. The minimum absolute atomic E-state index is 0.0117. The fourth-order valence-electron chi connectivity index (χ4n) is 5.62. The van der Waals surface area contributed by atoms with Crippen molar-refractivity contribution in [3.63, 3.8) is 0 Å². The highest BCUT2D eigenvalue weighted by molar-refractivity contribution is 7.98. The largest absolute Gasteiger partial charge is 0.481 e. The summed E-state index contributed by atoms with van der Waals surface area (Å²) < 4.78 is 0. The Balaban J connectivity index is 2.95. The van der Waals surface area contributed by atoms with Crippen molar-refractivity contribution >= 4 is 71.1 Å². The summed E-state index contributed by atoms with van der Waals surface area (Å²) >= 11 is 1.38. The quantitative estimate of drug-likeness (QED) is 0.0222. The van der Waals surface area contributed by atoms with Crippen molar-refractivity contribution in [2.45, 2.75) is 101 Å². The Morgan fingerprint density at radius 1 is 0.772 bits per heavy atom. The van der Waals surface area contributed by atoms with E-state index in [9.17, 15) is 48.6 Å². The molecule has 1 rings (SSSR count). The second-order valence-corrected chi connectivity index (χ2v) is 14.6. The van der Waals surface area contributed by atoms with E-state index in [1.165, 1.54) is 16.7 Å². The van der Waals surface area contributed by atoms with Gasteiger partial charge in [-0.1, -0.05) is 13.8 Å². The molecule has 57 heavy (non-hydrogen) atoms. The Morgan fingerprint density at radius 3 is 1.89 bits per heavy atom. The number of amides is 6. The van der Waals surface area contributed by atoms with E-state index < -0.39 is 103 Å². The third-order valence-corrected chi connectivity index (χ3v) is 9.30. The normalized spacial score (nSPS) is 16.2. The number of nitrogens with zero attached hydrogens (tertiary/aromatic N) is 3. The first kappa shape index (κ1) is 49.6. The van der Waals surface area contributed by atoms with Crippen LogP contribution in [0.2, 0.25) is 0 Å². The number of rotatable bonds is 26. The minimum Gasteiger partial charge on any atom is -0.481 e. The third kappa shape index (κ3) is 18.9. The van der Waals surface area contributed by atoms with Crippen LogP contribution in [0.1, 0.15) is 65.2 Å². The van der Waals surface area contributed by atoms with E-state index in [1.807, 2.05) is 0 Å². The predicted octanol–water partition coefficient (Wildman–Crippen LogP) is -4.56. The molecule has 23 nitrogen and oxygen atoms in total. The van der Waals surface area contributed by atoms with Crippen molar-refractivity contribution in [2.75, 3.05) is 38.2 Å². The van der Waals surface area contributed by atoms with Crippen molar-refractivity contribution in [3.8, 4) is 0 Å². The number of likely N-dealkylation sites (tertiary alicyclic amines) is 1. The van der Waals surface area contributed by atoms with E-state index in [0.717, 1.165) is 0 Å². The molecule has 1 aliphatic rings. The number of guanidine groups is 2. The van der Waals surface area contributed by atoms with Gasteiger partial charge in [-0.3, -0.25) is 43.5 Å². The summed E-state index contributed by atoms with van der Waals surface area (Å²) in [7, 11) is 0. The van der Waals surface area contributed by atoms with Crippen molar-refractivity contribution in [3.05, 3.63) is 0 Å². The van der Waals surface area contributed by atoms with Crippen molar-refractivity contribution < 1.29 is 48.6 Å². The van der Waals surface area contributed by atoms with Gasteiger partial charge < -0.3 is 70.4 Å². The predicted molar refractivity (Wildman–Crippen MR) is 211 cm³/mol. The molecule has 0 aromatic carbocycles. The number of carbonyl (C=O) groups is 8. The molecule has 6 atom stereocenters. The lowest BCUT2D eigenvalue weighted by molar-refractivity contribution is -0.143. The van der Waals surface area contributed by atoms with Gasteiger partial charge in [0.15, 0.2) is 11.9 Å². The van der Waals surface area contributed by atoms with Crippen LogP contribution in [0.25, 0.3) is 0 Å². The lowest BCUT2D eigenvalue weighted by Crippen LogP contribution is -2.58. The molecule has 1 heterocycles. The van der Waals surface area contributed by atoms with E-state index >= 15 is 0 Å². The van der Waals surface area contributed by atoms with Crippen LogP contribution in [0.5, 0.6) is 0 Å². The molecule has 0 saturated carbocycles. The van der Waals surface area contributed by atoms with Crippen LogP contribution in [0.3, 0.4) is 0 Å². The maximum Gasteiger partial charge on any atom is 0.326 e. The molecule has 0 aromatic heterocycles. The average molecular weight is 830 g/mol. The Kier molecular flexibility index (Phi) is 22.4. The van der Waals surface area contributed by atoms with Crippen LogP contribution in [0.4, 0.5) is 0 Å². The van der Waals surface area contributed by atoms with E-state index in [0.29, 0.717) is 18.6 Å². The fourth-order valence-corrected chi connectivity index (χ4v) is 6.09. The summed E-state index contributed by atoms with van der Waals surface area (Å²) in [6.07, 6.45) is 2.52. The first-order valence-electron chi connectivity index (χ1n) is 18.4. The first-order chi connectivity index (χ1) is 26.8. The van der Waals surface area contributed by atoms with E-state index in [1.54, 1.807) is 20.1 Å². The van der Waals surface area contributed by atoms with Gasteiger partial charge in [0.2, 0.25) is 35.4 Å². The van der Waals surface area contributed by atoms with Crippen LogP contribution in [0, 0.1) is 5.92 Å². The second-order valence-electron chi connectivity index (χ2n) is 13.6. The number of carboxylic acid groups (broad SMARTS) is 2. The van der Waals surface area contributed by atoms with Crippen LogP contribution < -0.4 is 55.3 Å². The lowest BCUT2D eigenvalue weighted by atomic mass is 10.0. The van der Waals surface area contributed by atoms with Gasteiger partial charge in [-0.2, -0.15) is 11.8 Å². The minimum atomic E-state index is -1.64. The number of carbonyl (C=O) groups excluding carboxylic acids is 6.